The van der Waals surface area contributed by atoms with E-state index in [9.17, 15) is 0 Å². The van der Waals surface area contributed by atoms with Crippen LogP contribution in [0.5, 0.6) is 0 Å². The molecule has 4 heteroatoms. The third kappa shape index (κ3) is 4.43. The van der Waals surface area contributed by atoms with E-state index in [2.05, 4.69) is 25.1 Å². The standard InChI is InChI=1S/C13H28N2OS/c1-4-12(8-17-3)15(2)10-13(9-14)6-5-7-16-11-13/h12H,4-11,14H2,1-3H3. The van der Waals surface area contributed by atoms with Gasteiger partial charge in [-0.15, -0.1) is 0 Å². The molecule has 0 spiro atoms. The molecule has 2 N–H and O–H groups in total. The van der Waals surface area contributed by atoms with Gasteiger partial charge in [-0.1, -0.05) is 6.92 Å². The van der Waals surface area contributed by atoms with E-state index >= 15 is 0 Å². The second-order valence-electron chi connectivity index (χ2n) is 5.29. The zero-order valence-corrected chi connectivity index (χ0v) is 12.4. The maximum Gasteiger partial charge on any atom is 0.0546 e. The van der Waals surface area contributed by atoms with Crippen LogP contribution >= 0.6 is 11.8 Å². The number of rotatable bonds is 7. The molecule has 0 aromatic heterocycles. The molecule has 1 aliphatic heterocycles. The van der Waals surface area contributed by atoms with Gasteiger partial charge in [-0.05, 0) is 32.6 Å². The quantitative estimate of drug-likeness (QED) is 0.758. The Kier molecular flexibility index (Phi) is 6.85. The molecule has 3 nitrogen and oxygen atoms in total. The third-order valence-electron chi connectivity index (χ3n) is 3.88. The van der Waals surface area contributed by atoms with Gasteiger partial charge in [0.1, 0.15) is 0 Å². The topological polar surface area (TPSA) is 38.5 Å². The molecule has 0 bridgehead atoms. The zero-order valence-electron chi connectivity index (χ0n) is 11.6. The molecule has 0 radical (unpaired) electrons. The van der Waals surface area contributed by atoms with Crippen molar-refractivity contribution < 1.29 is 4.74 Å². The molecule has 1 aliphatic rings. The minimum absolute atomic E-state index is 0.193. The molecule has 0 amide bonds. The molecule has 1 fully saturated rings. The van der Waals surface area contributed by atoms with E-state index in [0.29, 0.717) is 6.04 Å². The number of nitrogens with two attached hydrogens (primary N) is 1. The van der Waals surface area contributed by atoms with Crippen LogP contribution in [0.3, 0.4) is 0 Å². The van der Waals surface area contributed by atoms with Crippen molar-refractivity contribution in [3.63, 3.8) is 0 Å². The first-order valence-corrected chi connectivity index (χ1v) is 8.04. The Morgan fingerprint density at radius 1 is 1.53 bits per heavy atom. The van der Waals surface area contributed by atoms with Crippen LogP contribution in [0.25, 0.3) is 0 Å². The Morgan fingerprint density at radius 2 is 2.29 bits per heavy atom. The van der Waals surface area contributed by atoms with Crippen molar-refractivity contribution >= 4 is 11.8 Å². The summed E-state index contributed by atoms with van der Waals surface area (Å²) in [6.07, 6.45) is 5.76. The van der Waals surface area contributed by atoms with E-state index in [1.807, 2.05) is 11.8 Å². The highest BCUT2D eigenvalue weighted by Gasteiger charge is 2.33. The Hall–Kier alpha value is 0.230. The van der Waals surface area contributed by atoms with Crippen LogP contribution in [0.15, 0.2) is 0 Å². The van der Waals surface area contributed by atoms with E-state index < -0.39 is 0 Å². The lowest BCUT2D eigenvalue weighted by molar-refractivity contribution is -0.0228. The first-order chi connectivity index (χ1) is 8.17. The van der Waals surface area contributed by atoms with Crippen LogP contribution < -0.4 is 5.73 Å². The lowest BCUT2D eigenvalue weighted by Gasteiger charge is -2.41. The minimum Gasteiger partial charge on any atom is -0.381 e. The van der Waals surface area contributed by atoms with Crippen molar-refractivity contribution in [2.45, 2.75) is 32.2 Å². The van der Waals surface area contributed by atoms with Crippen molar-refractivity contribution in [1.29, 1.82) is 0 Å². The molecular weight excluding hydrogens is 232 g/mol. The summed E-state index contributed by atoms with van der Waals surface area (Å²) in [5.74, 6) is 1.20. The summed E-state index contributed by atoms with van der Waals surface area (Å²) in [5.41, 5.74) is 6.18. The predicted molar refractivity (Wildman–Crippen MR) is 76.6 cm³/mol. The van der Waals surface area contributed by atoms with Crippen LogP contribution in [0.1, 0.15) is 26.2 Å². The van der Waals surface area contributed by atoms with Gasteiger partial charge in [0, 0.05) is 36.9 Å². The van der Waals surface area contributed by atoms with Crippen LogP contribution in [0, 0.1) is 5.41 Å². The second kappa shape index (κ2) is 7.62. The van der Waals surface area contributed by atoms with Gasteiger partial charge < -0.3 is 15.4 Å². The maximum atomic E-state index is 5.99. The first kappa shape index (κ1) is 15.3. The highest BCUT2D eigenvalue weighted by Crippen LogP contribution is 2.29. The molecule has 2 unspecified atom stereocenters. The van der Waals surface area contributed by atoms with Gasteiger partial charge in [0.25, 0.3) is 0 Å². The van der Waals surface area contributed by atoms with Gasteiger partial charge in [-0.3, -0.25) is 0 Å². The molecule has 1 saturated heterocycles. The van der Waals surface area contributed by atoms with Crippen LogP contribution in [-0.4, -0.2) is 56.3 Å². The van der Waals surface area contributed by atoms with E-state index in [1.54, 1.807) is 0 Å². The molecule has 1 heterocycles. The summed E-state index contributed by atoms with van der Waals surface area (Å²) in [4.78, 5) is 2.48. The fourth-order valence-corrected chi connectivity index (χ4v) is 3.54. The Bertz CT molecular complexity index is 208. The number of hydrogen-bond donors (Lipinski definition) is 1. The molecule has 1 rings (SSSR count). The molecular formula is C13H28N2OS. The largest absolute Gasteiger partial charge is 0.381 e. The fraction of sp³-hybridized carbons (Fsp3) is 1.00. The minimum atomic E-state index is 0.193. The average molecular weight is 260 g/mol. The van der Waals surface area contributed by atoms with Gasteiger partial charge in [0.05, 0.1) is 6.61 Å². The number of hydrogen-bond acceptors (Lipinski definition) is 4. The molecule has 0 aromatic rings. The summed E-state index contributed by atoms with van der Waals surface area (Å²) in [6, 6.07) is 0.662. The summed E-state index contributed by atoms with van der Waals surface area (Å²) < 4.78 is 5.64. The van der Waals surface area contributed by atoms with Gasteiger partial charge in [0.15, 0.2) is 0 Å². The maximum absolute atomic E-state index is 5.99. The first-order valence-electron chi connectivity index (χ1n) is 6.64. The molecule has 0 aromatic carbocycles. The van der Waals surface area contributed by atoms with Gasteiger partial charge in [-0.2, -0.15) is 11.8 Å². The number of thioether (sulfide) groups is 1. The smallest absolute Gasteiger partial charge is 0.0546 e. The predicted octanol–water partition coefficient (Wildman–Crippen LogP) is 1.82. The van der Waals surface area contributed by atoms with E-state index in [-0.39, 0.29) is 5.41 Å². The molecule has 102 valence electrons. The Labute approximate surface area is 110 Å². The second-order valence-corrected chi connectivity index (χ2v) is 6.20. The van der Waals surface area contributed by atoms with Crippen molar-refractivity contribution in [2.75, 3.05) is 45.4 Å². The van der Waals surface area contributed by atoms with Crippen molar-refractivity contribution in [3.05, 3.63) is 0 Å². The van der Waals surface area contributed by atoms with Crippen molar-refractivity contribution in [2.24, 2.45) is 11.1 Å². The van der Waals surface area contributed by atoms with E-state index in [1.165, 1.54) is 18.6 Å². The van der Waals surface area contributed by atoms with E-state index in [0.717, 1.165) is 32.7 Å². The normalized spacial score (nSPS) is 27.4. The Morgan fingerprint density at radius 3 is 2.76 bits per heavy atom. The summed E-state index contributed by atoms with van der Waals surface area (Å²) >= 11 is 1.93. The molecule has 2 atom stereocenters. The van der Waals surface area contributed by atoms with Gasteiger partial charge >= 0.3 is 0 Å². The van der Waals surface area contributed by atoms with Crippen LogP contribution in [0.2, 0.25) is 0 Å². The van der Waals surface area contributed by atoms with Gasteiger partial charge in [0.2, 0.25) is 0 Å². The van der Waals surface area contributed by atoms with Crippen molar-refractivity contribution in [3.8, 4) is 0 Å². The van der Waals surface area contributed by atoms with Gasteiger partial charge in [-0.25, -0.2) is 0 Å². The highest BCUT2D eigenvalue weighted by molar-refractivity contribution is 7.98. The lowest BCUT2D eigenvalue weighted by atomic mass is 9.82. The number of nitrogens with zero attached hydrogens (tertiary/aromatic N) is 1. The lowest BCUT2D eigenvalue weighted by Crippen LogP contribution is -2.49. The third-order valence-corrected chi connectivity index (χ3v) is 4.59. The molecule has 0 aliphatic carbocycles. The SMILES string of the molecule is CCC(CSC)N(C)CC1(CN)CCCOC1. The zero-order chi connectivity index (χ0) is 12.7. The highest BCUT2D eigenvalue weighted by atomic mass is 32.2. The summed E-state index contributed by atoms with van der Waals surface area (Å²) in [7, 11) is 2.23. The number of ether oxygens (including phenoxy) is 1. The average Bonchev–Trinajstić information content (AvgIpc) is 2.36. The van der Waals surface area contributed by atoms with Crippen LogP contribution in [0.4, 0.5) is 0 Å². The summed E-state index contributed by atoms with van der Waals surface area (Å²) in [5, 5.41) is 0. The fourth-order valence-electron chi connectivity index (χ4n) is 2.67. The van der Waals surface area contributed by atoms with E-state index in [4.69, 9.17) is 10.5 Å². The molecule has 0 saturated carbocycles. The van der Waals surface area contributed by atoms with Crippen LogP contribution in [-0.2, 0) is 4.74 Å². The van der Waals surface area contributed by atoms with Crippen molar-refractivity contribution in [1.82, 2.24) is 4.90 Å². The monoisotopic (exact) mass is 260 g/mol. The molecule has 17 heavy (non-hydrogen) atoms. The summed E-state index contributed by atoms with van der Waals surface area (Å²) in [6.45, 7) is 5.83. The Balaban J connectivity index is 2.53.